The number of benzene rings is 2. The van der Waals surface area contributed by atoms with E-state index < -0.39 is 6.04 Å². The van der Waals surface area contributed by atoms with Crippen molar-refractivity contribution in [2.45, 2.75) is 32.7 Å². The van der Waals surface area contributed by atoms with E-state index in [1.165, 1.54) is 0 Å². The second kappa shape index (κ2) is 11.6. The molecule has 1 fully saturated rings. The molecule has 176 valence electrons. The summed E-state index contributed by atoms with van der Waals surface area (Å²) in [5, 5.41) is 5.82. The van der Waals surface area contributed by atoms with E-state index in [1.807, 2.05) is 61.2 Å². The van der Waals surface area contributed by atoms with Crippen LogP contribution < -0.4 is 10.6 Å². The highest BCUT2D eigenvalue weighted by molar-refractivity contribution is 5.98. The zero-order valence-corrected chi connectivity index (χ0v) is 19.6. The molecule has 2 aromatic rings. The maximum atomic E-state index is 13.0. The second-order valence-electron chi connectivity index (χ2n) is 8.55. The summed E-state index contributed by atoms with van der Waals surface area (Å²) in [6, 6.07) is 14.2. The van der Waals surface area contributed by atoms with Crippen molar-refractivity contribution in [2.75, 3.05) is 33.4 Å². The second-order valence-corrected chi connectivity index (χ2v) is 8.55. The first-order valence-corrected chi connectivity index (χ1v) is 11.4. The van der Waals surface area contributed by atoms with Crippen LogP contribution in [0.5, 0.6) is 0 Å². The topological polar surface area (TPSA) is 87.7 Å². The summed E-state index contributed by atoms with van der Waals surface area (Å²) >= 11 is 0. The van der Waals surface area contributed by atoms with Crippen molar-refractivity contribution in [2.24, 2.45) is 5.92 Å². The van der Waals surface area contributed by atoms with Gasteiger partial charge in [0.1, 0.15) is 6.04 Å². The fourth-order valence-electron chi connectivity index (χ4n) is 4.23. The van der Waals surface area contributed by atoms with E-state index in [9.17, 15) is 14.4 Å². The minimum atomic E-state index is -0.676. The van der Waals surface area contributed by atoms with E-state index in [4.69, 9.17) is 4.74 Å². The summed E-state index contributed by atoms with van der Waals surface area (Å²) in [6.45, 7) is 5.69. The maximum absolute atomic E-state index is 13.0. The van der Waals surface area contributed by atoms with Gasteiger partial charge < -0.3 is 20.3 Å². The molecule has 1 heterocycles. The van der Waals surface area contributed by atoms with Gasteiger partial charge in [0.15, 0.2) is 0 Å². The van der Waals surface area contributed by atoms with Crippen LogP contribution in [0.4, 0.5) is 0 Å². The van der Waals surface area contributed by atoms with Gasteiger partial charge in [-0.05, 0) is 56.4 Å². The van der Waals surface area contributed by atoms with Crippen molar-refractivity contribution in [3.05, 3.63) is 70.8 Å². The number of aryl methyl sites for hydroxylation is 2. The average molecular weight is 452 g/mol. The zero-order chi connectivity index (χ0) is 23.8. The van der Waals surface area contributed by atoms with Gasteiger partial charge in [-0.2, -0.15) is 0 Å². The molecule has 3 rings (SSSR count). The number of ether oxygens (including phenoxy) is 1. The molecule has 0 radical (unpaired) electrons. The van der Waals surface area contributed by atoms with E-state index in [1.54, 1.807) is 13.2 Å². The number of amides is 3. The molecule has 7 heteroatoms. The Hall–Kier alpha value is -3.19. The summed E-state index contributed by atoms with van der Waals surface area (Å²) in [6.07, 6.45) is 1.27. The summed E-state index contributed by atoms with van der Waals surface area (Å²) in [5.41, 5.74) is 3.13. The van der Waals surface area contributed by atoms with Crippen LogP contribution in [0.1, 0.15) is 44.7 Å². The first-order chi connectivity index (χ1) is 15.9. The molecule has 1 aliphatic rings. The van der Waals surface area contributed by atoms with Gasteiger partial charge in [0, 0.05) is 37.9 Å². The molecule has 0 aliphatic carbocycles. The van der Waals surface area contributed by atoms with Crippen molar-refractivity contribution in [3.8, 4) is 0 Å². The number of nitrogens with one attached hydrogen (secondary N) is 2. The van der Waals surface area contributed by atoms with Crippen LogP contribution in [0, 0.1) is 19.8 Å². The fraction of sp³-hybridized carbons (Fsp3) is 0.423. The fourth-order valence-corrected chi connectivity index (χ4v) is 4.23. The number of nitrogens with zero attached hydrogens (tertiary/aromatic N) is 1. The van der Waals surface area contributed by atoms with Crippen LogP contribution in [0.25, 0.3) is 0 Å². The summed E-state index contributed by atoms with van der Waals surface area (Å²) in [5.74, 6) is -0.556. The highest BCUT2D eigenvalue weighted by atomic mass is 16.5. The minimum absolute atomic E-state index is 0.00203. The Morgan fingerprint density at radius 3 is 2.45 bits per heavy atom. The van der Waals surface area contributed by atoms with E-state index in [-0.39, 0.29) is 23.6 Å². The van der Waals surface area contributed by atoms with Gasteiger partial charge in [-0.3, -0.25) is 14.4 Å². The lowest BCUT2D eigenvalue weighted by atomic mass is 9.88. The van der Waals surface area contributed by atoms with Crippen LogP contribution in [-0.4, -0.2) is 62.0 Å². The molecule has 33 heavy (non-hydrogen) atoms. The number of carbonyl (C=O) groups excluding carboxylic acids is 3. The van der Waals surface area contributed by atoms with Crippen LogP contribution in [0.2, 0.25) is 0 Å². The third-order valence-electron chi connectivity index (χ3n) is 6.13. The number of hydrogen-bond donors (Lipinski definition) is 2. The van der Waals surface area contributed by atoms with Crippen molar-refractivity contribution < 1.29 is 19.1 Å². The van der Waals surface area contributed by atoms with Crippen molar-refractivity contribution in [1.29, 1.82) is 0 Å². The highest BCUT2D eigenvalue weighted by Gasteiger charge is 2.34. The van der Waals surface area contributed by atoms with Crippen LogP contribution in [-0.2, 0) is 9.53 Å². The van der Waals surface area contributed by atoms with Crippen molar-refractivity contribution >= 4 is 17.7 Å². The predicted molar refractivity (Wildman–Crippen MR) is 127 cm³/mol. The molecule has 1 saturated heterocycles. The smallest absolute Gasteiger partial charge is 0.253 e. The molecule has 0 spiro atoms. The van der Waals surface area contributed by atoms with Gasteiger partial charge in [0.05, 0.1) is 6.61 Å². The number of piperidine rings is 1. The third kappa shape index (κ3) is 6.42. The van der Waals surface area contributed by atoms with Gasteiger partial charge in [-0.25, -0.2) is 0 Å². The van der Waals surface area contributed by atoms with Gasteiger partial charge in [-0.15, -0.1) is 0 Å². The van der Waals surface area contributed by atoms with E-state index in [0.29, 0.717) is 50.2 Å². The number of methoxy groups -OCH3 is 1. The number of rotatable bonds is 8. The predicted octanol–water partition coefficient (Wildman–Crippen LogP) is 2.72. The van der Waals surface area contributed by atoms with Crippen molar-refractivity contribution in [3.63, 3.8) is 0 Å². The lowest BCUT2D eigenvalue weighted by Crippen LogP contribution is -2.54. The molecule has 2 N–H and O–H groups in total. The molecule has 0 bridgehead atoms. The Kier molecular flexibility index (Phi) is 8.60. The normalized spacial score (nSPS) is 15.1. The lowest BCUT2D eigenvalue weighted by Gasteiger charge is -2.36. The summed E-state index contributed by atoms with van der Waals surface area (Å²) < 4.78 is 5.03. The molecule has 1 unspecified atom stereocenters. The Bertz CT molecular complexity index is 983. The quantitative estimate of drug-likeness (QED) is 0.604. The summed E-state index contributed by atoms with van der Waals surface area (Å²) in [4.78, 5) is 40.7. The van der Waals surface area contributed by atoms with E-state index >= 15 is 0 Å². The SMILES string of the molecule is COCCNC(=O)C(NC(=O)c1ccccc1C)C1CCN(C(=O)c2cccc(C)c2)CC1. The Morgan fingerprint density at radius 2 is 1.79 bits per heavy atom. The molecule has 1 aliphatic heterocycles. The molecule has 7 nitrogen and oxygen atoms in total. The molecule has 1 atom stereocenters. The Balaban J connectivity index is 1.69. The number of carbonyl (C=O) groups is 3. The highest BCUT2D eigenvalue weighted by Crippen LogP contribution is 2.23. The largest absolute Gasteiger partial charge is 0.383 e. The molecule has 0 saturated carbocycles. The first kappa shape index (κ1) is 24.5. The third-order valence-corrected chi connectivity index (χ3v) is 6.13. The molecule has 3 amide bonds. The van der Waals surface area contributed by atoms with Gasteiger partial charge in [0.25, 0.3) is 11.8 Å². The Morgan fingerprint density at radius 1 is 1.06 bits per heavy atom. The van der Waals surface area contributed by atoms with Crippen LogP contribution >= 0.6 is 0 Å². The zero-order valence-electron chi connectivity index (χ0n) is 19.6. The van der Waals surface area contributed by atoms with Gasteiger partial charge >= 0.3 is 0 Å². The average Bonchev–Trinajstić information content (AvgIpc) is 2.82. The Labute approximate surface area is 195 Å². The van der Waals surface area contributed by atoms with Gasteiger partial charge in [-0.1, -0.05) is 35.9 Å². The lowest BCUT2D eigenvalue weighted by molar-refractivity contribution is -0.124. The number of hydrogen-bond acceptors (Lipinski definition) is 4. The standard InChI is InChI=1S/C26H33N3O4/c1-18-7-6-9-21(17-18)26(32)29-14-11-20(12-15-29)23(25(31)27-13-16-33-3)28-24(30)22-10-5-4-8-19(22)2/h4-10,17,20,23H,11-16H2,1-3H3,(H,27,31)(H,28,30). The molecular weight excluding hydrogens is 418 g/mol. The molecular formula is C26H33N3O4. The van der Waals surface area contributed by atoms with E-state index in [0.717, 1.165) is 11.1 Å². The van der Waals surface area contributed by atoms with E-state index in [2.05, 4.69) is 10.6 Å². The first-order valence-electron chi connectivity index (χ1n) is 11.4. The van der Waals surface area contributed by atoms with Crippen LogP contribution in [0.3, 0.4) is 0 Å². The molecule has 2 aromatic carbocycles. The molecule has 0 aromatic heterocycles. The number of likely N-dealkylation sites (tertiary alicyclic amines) is 1. The van der Waals surface area contributed by atoms with Gasteiger partial charge in [0.2, 0.25) is 5.91 Å². The summed E-state index contributed by atoms with van der Waals surface area (Å²) in [7, 11) is 1.57. The monoisotopic (exact) mass is 451 g/mol. The van der Waals surface area contributed by atoms with Crippen molar-refractivity contribution in [1.82, 2.24) is 15.5 Å². The van der Waals surface area contributed by atoms with Crippen LogP contribution in [0.15, 0.2) is 48.5 Å². The maximum Gasteiger partial charge on any atom is 0.253 e. The minimum Gasteiger partial charge on any atom is -0.383 e.